The number of anilines is 1. The number of hydrogen-bond donors (Lipinski definition) is 0. The highest BCUT2D eigenvalue weighted by Crippen LogP contribution is 2.46. The summed E-state index contributed by atoms with van der Waals surface area (Å²) < 4.78 is 43.2. The summed E-state index contributed by atoms with van der Waals surface area (Å²) in [7, 11) is 2.13. The highest BCUT2D eigenvalue weighted by Gasteiger charge is 2.36. The summed E-state index contributed by atoms with van der Waals surface area (Å²) in [6, 6.07) is 17.6. The summed E-state index contributed by atoms with van der Waals surface area (Å²) in [6.45, 7) is 19.9. The Labute approximate surface area is 284 Å². The van der Waals surface area contributed by atoms with Crippen molar-refractivity contribution >= 4 is 39.4 Å². The number of hydrogen-bond acceptors (Lipinski definition) is 5. The van der Waals surface area contributed by atoms with Crippen molar-refractivity contribution in [2.24, 2.45) is 7.05 Å². The minimum Gasteiger partial charge on any atom is -0.542 e. The Balaban J connectivity index is 0.000000540. The van der Waals surface area contributed by atoms with Crippen molar-refractivity contribution in [2.75, 3.05) is 18.0 Å². The molecule has 7 rings (SSSR count). The number of para-hydroxylation sites is 2. The number of ether oxygens (including phenoxy) is 1. The second kappa shape index (κ2) is 11.6. The summed E-state index contributed by atoms with van der Waals surface area (Å²) in [5.74, 6) is -0.278. The number of benzene rings is 3. The van der Waals surface area contributed by atoms with Crippen LogP contribution in [0.1, 0.15) is 77.9 Å². The van der Waals surface area contributed by atoms with Crippen LogP contribution in [-0.4, -0.2) is 45.9 Å². The molecule has 0 atom stereocenters. The Morgan fingerprint density at radius 1 is 0.939 bits per heavy atom. The van der Waals surface area contributed by atoms with Crippen LogP contribution in [0, 0.1) is 0 Å². The number of rotatable bonds is 3. The van der Waals surface area contributed by atoms with Gasteiger partial charge in [0.2, 0.25) is 5.36 Å². The first kappa shape index (κ1) is 34.0. The van der Waals surface area contributed by atoms with Crippen LogP contribution in [0.3, 0.4) is 0 Å². The van der Waals surface area contributed by atoms with Crippen molar-refractivity contribution < 1.29 is 27.8 Å². The number of likely N-dealkylation sites (N-methyl/N-ethyl adjacent to an activating group) is 2. The molecule has 0 saturated carbocycles. The molecule has 0 bridgehead atoms. The number of nitrogens with zero attached hydrogens (tertiary/aromatic N) is 4. The lowest BCUT2D eigenvalue weighted by Gasteiger charge is -2.43. The van der Waals surface area contributed by atoms with Gasteiger partial charge in [-0.3, -0.25) is 0 Å². The number of carbonyl (C=O) groups is 1. The molecule has 7 nitrogen and oxygen atoms in total. The molecular formula is C39H41F3N4O3. The highest BCUT2D eigenvalue weighted by atomic mass is 19.4. The van der Waals surface area contributed by atoms with Gasteiger partial charge in [0, 0.05) is 66.7 Å². The highest BCUT2D eigenvalue weighted by molar-refractivity contribution is 5.92. The Morgan fingerprint density at radius 2 is 1.59 bits per heavy atom. The predicted octanol–water partition coefficient (Wildman–Crippen LogP) is 5.95. The second-order valence-electron chi connectivity index (χ2n) is 13.9. The van der Waals surface area contributed by atoms with E-state index in [1.165, 1.54) is 33.3 Å². The number of halogens is 3. The van der Waals surface area contributed by atoms with Gasteiger partial charge in [0.15, 0.2) is 5.54 Å². The largest absolute Gasteiger partial charge is 0.542 e. The monoisotopic (exact) mass is 670 g/mol. The molecule has 49 heavy (non-hydrogen) atoms. The van der Waals surface area contributed by atoms with E-state index >= 15 is 0 Å². The number of carboxylic acids is 1. The molecule has 256 valence electrons. The number of aliphatic carboxylic acids is 1. The number of aryl methyl sites for hydroxylation is 1. The van der Waals surface area contributed by atoms with Gasteiger partial charge in [0.25, 0.3) is 0 Å². The van der Waals surface area contributed by atoms with E-state index in [0.717, 1.165) is 57.8 Å². The number of carboxylic acid groups (broad SMARTS) is 1. The number of carbonyl (C=O) groups excluding carboxylic acids is 1. The normalized spacial score (nSPS) is 17.1. The zero-order valence-corrected chi connectivity index (χ0v) is 29.3. The lowest BCUT2D eigenvalue weighted by atomic mass is 9.85. The quantitative estimate of drug-likeness (QED) is 0.222. The number of fused-ring (bicyclic) bond motifs is 5. The zero-order chi connectivity index (χ0) is 35.8. The molecule has 3 aliphatic heterocycles. The molecule has 0 amide bonds. The SMILES string of the molecule is CCN1c2cc3c(cc2C(C)=CC1(C)C)C(c1nc2ccccc2n1C)=c1cc2c(cc1O3)=[N+](CC)C(C)(C)C=C2C.O=C([O-])C(F)(F)F. The van der Waals surface area contributed by atoms with Crippen LogP contribution in [-0.2, 0) is 11.8 Å². The lowest BCUT2D eigenvalue weighted by molar-refractivity contribution is -0.344. The number of imidazole rings is 1. The third kappa shape index (κ3) is 5.60. The molecule has 0 unspecified atom stereocenters. The van der Waals surface area contributed by atoms with Crippen LogP contribution in [0.5, 0.6) is 11.5 Å². The van der Waals surface area contributed by atoms with Gasteiger partial charge < -0.3 is 24.1 Å². The smallest absolute Gasteiger partial charge is 0.430 e. The van der Waals surface area contributed by atoms with Gasteiger partial charge in [-0.2, -0.15) is 13.2 Å². The van der Waals surface area contributed by atoms with Gasteiger partial charge in [-0.05, 0) is 83.0 Å². The van der Waals surface area contributed by atoms with E-state index in [1.54, 1.807) is 0 Å². The number of alkyl halides is 3. The van der Waals surface area contributed by atoms with E-state index in [0.29, 0.717) is 0 Å². The fourth-order valence-corrected chi connectivity index (χ4v) is 7.80. The van der Waals surface area contributed by atoms with E-state index in [-0.39, 0.29) is 11.1 Å². The van der Waals surface area contributed by atoms with Gasteiger partial charge in [-0.1, -0.05) is 18.2 Å². The topological polar surface area (TPSA) is 73.4 Å². The van der Waals surface area contributed by atoms with Gasteiger partial charge in [-0.15, -0.1) is 0 Å². The van der Waals surface area contributed by atoms with Gasteiger partial charge in [0.05, 0.1) is 22.6 Å². The molecule has 4 heterocycles. The third-order valence-electron chi connectivity index (χ3n) is 9.79. The van der Waals surface area contributed by atoms with Crippen molar-refractivity contribution in [3.05, 3.63) is 93.8 Å². The Kier molecular flexibility index (Phi) is 8.08. The molecule has 3 aliphatic rings. The number of allylic oxidation sites excluding steroid dienone is 2. The fourth-order valence-electron chi connectivity index (χ4n) is 7.80. The maximum atomic E-state index is 10.5. The Morgan fingerprint density at radius 3 is 2.20 bits per heavy atom. The average molecular weight is 671 g/mol. The first-order chi connectivity index (χ1) is 22.9. The van der Waals surface area contributed by atoms with Crippen molar-refractivity contribution in [1.82, 2.24) is 14.1 Å². The molecule has 1 aromatic heterocycles. The van der Waals surface area contributed by atoms with Crippen LogP contribution in [0.4, 0.5) is 18.9 Å². The van der Waals surface area contributed by atoms with E-state index in [9.17, 15) is 13.2 Å². The van der Waals surface area contributed by atoms with Gasteiger partial charge >= 0.3 is 6.18 Å². The van der Waals surface area contributed by atoms with Crippen LogP contribution in [0.25, 0.3) is 27.8 Å². The average Bonchev–Trinajstić information content (AvgIpc) is 3.33. The lowest BCUT2D eigenvalue weighted by Crippen LogP contribution is -2.49. The summed E-state index contributed by atoms with van der Waals surface area (Å²) in [4.78, 5) is 16.5. The molecule has 0 spiro atoms. The predicted molar refractivity (Wildman–Crippen MR) is 186 cm³/mol. The summed E-state index contributed by atoms with van der Waals surface area (Å²) >= 11 is 0. The minimum absolute atomic E-state index is 0.0767. The van der Waals surface area contributed by atoms with E-state index in [1.807, 2.05) is 0 Å². The van der Waals surface area contributed by atoms with Gasteiger partial charge in [0.1, 0.15) is 29.8 Å². The van der Waals surface area contributed by atoms with Crippen LogP contribution in [0.2, 0.25) is 0 Å². The minimum atomic E-state index is -5.19. The third-order valence-corrected chi connectivity index (χ3v) is 9.79. The molecule has 0 fully saturated rings. The molecular weight excluding hydrogens is 629 g/mol. The van der Waals surface area contributed by atoms with Crippen molar-refractivity contribution in [3.63, 3.8) is 0 Å². The van der Waals surface area contributed by atoms with Gasteiger partial charge in [-0.25, -0.2) is 9.56 Å². The maximum absolute atomic E-state index is 10.5. The van der Waals surface area contributed by atoms with Crippen molar-refractivity contribution in [1.29, 1.82) is 0 Å². The van der Waals surface area contributed by atoms with Crippen LogP contribution in [0.15, 0.2) is 60.7 Å². The number of aromatic nitrogens is 2. The first-order valence-electron chi connectivity index (χ1n) is 16.5. The molecule has 4 aromatic rings. The zero-order valence-electron chi connectivity index (χ0n) is 29.3. The first-order valence-corrected chi connectivity index (χ1v) is 16.5. The van der Waals surface area contributed by atoms with Crippen molar-refractivity contribution in [3.8, 4) is 11.5 Å². The molecule has 0 radical (unpaired) electrons. The maximum Gasteiger partial charge on any atom is 0.430 e. The molecule has 10 heteroatoms. The van der Waals surface area contributed by atoms with E-state index in [4.69, 9.17) is 19.6 Å². The standard InChI is InChI=1S/C37H41N4O.C2HF3O2/c1-10-40-30-18-32-26(16-24(30)22(3)20-36(40,5)6)34(35-38-28-14-12-13-15-29(28)39(35)9)27-17-25-23(4)21-37(7,8)41(11-2)31(25)19-33(27)42-32;3-2(4,5)1(6)7/h12-21H,10-11H2,1-9H3;(H,6,7)/q+1;/p-1. The van der Waals surface area contributed by atoms with Crippen LogP contribution < -0.4 is 29.9 Å². The van der Waals surface area contributed by atoms with Crippen molar-refractivity contribution in [2.45, 2.75) is 72.6 Å². The van der Waals surface area contributed by atoms with E-state index < -0.39 is 12.1 Å². The summed E-state index contributed by atoms with van der Waals surface area (Å²) in [5.41, 5.74) is 10.5. The fraction of sp³-hybridized carbons (Fsp3) is 0.359. The second-order valence-corrected chi connectivity index (χ2v) is 13.9. The van der Waals surface area contributed by atoms with E-state index in [2.05, 4.69) is 137 Å². The molecule has 0 aliphatic carbocycles. The molecule has 0 N–H and O–H groups in total. The summed E-state index contributed by atoms with van der Waals surface area (Å²) in [5, 5.41) is 11.1. The Bertz CT molecular complexity index is 2240. The Hall–Kier alpha value is -4.86. The molecule has 0 saturated heterocycles. The van der Waals surface area contributed by atoms with Crippen LogP contribution >= 0.6 is 0 Å². The summed E-state index contributed by atoms with van der Waals surface area (Å²) in [6.07, 6.45) is -0.410. The molecule has 3 aromatic carbocycles.